The molecule has 8 saturated carbocycles. The zero-order chi connectivity index (χ0) is 34.4. The summed E-state index contributed by atoms with van der Waals surface area (Å²) < 4.78 is 0. The zero-order valence-electron chi connectivity index (χ0n) is 31.4. The van der Waals surface area contributed by atoms with Gasteiger partial charge in [-0.05, 0) is 174 Å². The number of hydrogen-bond acceptors (Lipinski definition) is 5. The van der Waals surface area contributed by atoms with Crippen LogP contribution in [0.2, 0.25) is 0 Å². The van der Waals surface area contributed by atoms with Gasteiger partial charge in [0.25, 0.3) is 0 Å². The van der Waals surface area contributed by atoms with E-state index in [1.54, 1.807) is 11.1 Å². The number of Topliss-reactive ketones (excluding diaryl/α,β-unsaturated/α-hetero) is 1. The summed E-state index contributed by atoms with van der Waals surface area (Å²) in [4.78, 5) is 12.4. The van der Waals surface area contributed by atoms with E-state index in [9.17, 15) is 25.2 Å². The number of aliphatic hydroxyl groups is 4. The number of allylic oxidation sites excluding steroid dienone is 2. The first-order chi connectivity index (χ1) is 22.7. The van der Waals surface area contributed by atoms with Crippen LogP contribution in [0.25, 0.3) is 0 Å². The molecule has 16 atom stereocenters. The van der Waals surface area contributed by atoms with Crippen molar-refractivity contribution in [3.05, 3.63) is 11.1 Å². The van der Waals surface area contributed by atoms with Crippen LogP contribution in [-0.2, 0) is 4.79 Å². The monoisotopic (exact) mass is 667 g/mol. The molecule has 0 saturated heterocycles. The molecule has 0 aromatic heterocycles. The van der Waals surface area contributed by atoms with Crippen LogP contribution in [-0.4, -0.2) is 51.6 Å². The average molecular weight is 667 g/mol. The number of fused-ring (bicyclic) bond motifs is 10. The Morgan fingerprint density at radius 2 is 1.08 bits per heavy atom. The van der Waals surface area contributed by atoms with Gasteiger partial charge in [-0.1, -0.05) is 38.8 Å². The van der Waals surface area contributed by atoms with Crippen molar-refractivity contribution in [2.75, 3.05) is 13.2 Å². The van der Waals surface area contributed by atoms with Gasteiger partial charge in [-0.2, -0.15) is 0 Å². The van der Waals surface area contributed by atoms with E-state index in [2.05, 4.69) is 41.5 Å². The minimum absolute atomic E-state index is 0.0467. The lowest BCUT2D eigenvalue weighted by Gasteiger charge is -2.61. The van der Waals surface area contributed by atoms with E-state index in [0.717, 1.165) is 62.7 Å². The normalized spacial score (nSPS) is 54.0. The Morgan fingerprint density at radius 3 is 1.56 bits per heavy atom. The molecule has 5 nitrogen and oxygen atoms in total. The van der Waals surface area contributed by atoms with Crippen LogP contribution in [0.5, 0.6) is 0 Å². The van der Waals surface area contributed by atoms with Crippen molar-refractivity contribution in [1.82, 2.24) is 0 Å². The van der Waals surface area contributed by atoms with Crippen LogP contribution in [0, 0.1) is 80.8 Å². The van der Waals surface area contributed by atoms with Crippen molar-refractivity contribution in [2.24, 2.45) is 80.8 Å². The van der Waals surface area contributed by atoms with Gasteiger partial charge in [0.1, 0.15) is 5.78 Å². The fourth-order valence-electron chi connectivity index (χ4n) is 15.6. The van der Waals surface area contributed by atoms with E-state index in [0.29, 0.717) is 46.2 Å². The molecule has 0 heterocycles. The Bertz CT molecular complexity index is 1260. The summed E-state index contributed by atoms with van der Waals surface area (Å²) in [6.45, 7) is 14.7. The first kappa shape index (κ1) is 35.6. The van der Waals surface area contributed by atoms with Crippen LogP contribution in [0.4, 0.5) is 0 Å². The SMILES string of the molecule is CC(C)=C1CC[C@H]2[C@@H]3CC[C@H]4C[C@H](O)[C@@H](CO)C[C@]4(C)[C@H]3CC[C@]12C.C[C@]12C[C@H](CO)[C@@H](O)C[C@@H]1CC[C@@H]1[C@@H]2CC[C@]2(C)C(=O)CC[C@@H]12. The van der Waals surface area contributed by atoms with Crippen molar-refractivity contribution < 1.29 is 25.2 Å². The van der Waals surface area contributed by atoms with Gasteiger partial charge in [-0.25, -0.2) is 0 Å². The third-order valence-electron chi connectivity index (χ3n) is 18.2. The van der Waals surface area contributed by atoms with Gasteiger partial charge in [-0.15, -0.1) is 0 Å². The first-order valence-corrected chi connectivity index (χ1v) is 20.5. The van der Waals surface area contributed by atoms with Gasteiger partial charge in [0.2, 0.25) is 0 Å². The number of rotatable bonds is 2. The van der Waals surface area contributed by atoms with Gasteiger partial charge >= 0.3 is 0 Å². The summed E-state index contributed by atoms with van der Waals surface area (Å²) in [6, 6.07) is 0. The zero-order valence-corrected chi connectivity index (χ0v) is 31.4. The second kappa shape index (κ2) is 12.7. The van der Waals surface area contributed by atoms with Gasteiger partial charge in [0.05, 0.1) is 12.2 Å². The van der Waals surface area contributed by atoms with Crippen molar-refractivity contribution in [2.45, 2.75) is 156 Å². The lowest BCUT2D eigenvalue weighted by Crippen LogP contribution is -2.56. The van der Waals surface area contributed by atoms with E-state index in [4.69, 9.17) is 0 Å². The maximum absolute atomic E-state index is 12.4. The minimum Gasteiger partial charge on any atom is -0.396 e. The van der Waals surface area contributed by atoms with Crippen molar-refractivity contribution in [3.63, 3.8) is 0 Å². The lowest BCUT2D eigenvalue weighted by molar-refractivity contribution is -0.152. The molecular weight excluding hydrogens is 596 g/mol. The molecule has 0 aliphatic heterocycles. The summed E-state index contributed by atoms with van der Waals surface area (Å²) in [5.41, 5.74) is 4.34. The number of carbonyl (C=O) groups is 1. The molecule has 5 heteroatoms. The Hall–Kier alpha value is -0.750. The summed E-state index contributed by atoms with van der Waals surface area (Å²) in [7, 11) is 0. The van der Waals surface area contributed by atoms with Gasteiger partial charge in [-0.3, -0.25) is 4.79 Å². The lowest BCUT2D eigenvalue weighted by atomic mass is 9.44. The fraction of sp³-hybridized carbons (Fsp3) is 0.930. The third kappa shape index (κ3) is 5.30. The molecule has 48 heavy (non-hydrogen) atoms. The number of carbonyl (C=O) groups excluding carboxylic acids is 1. The molecule has 0 aromatic rings. The van der Waals surface area contributed by atoms with Crippen LogP contribution in [0.15, 0.2) is 11.1 Å². The van der Waals surface area contributed by atoms with Crippen LogP contribution in [0.3, 0.4) is 0 Å². The van der Waals surface area contributed by atoms with Gasteiger partial charge < -0.3 is 20.4 Å². The molecule has 0 spiro atoms. The van der Waals surface area contributed by atoms with Crippen LogP contribution < -0.4 is 0 Å². The summed E-state index contributed by atoms with van der Waals surface area (Å²) in [5.74, 6) is 6.44. The van der Waals surface area contributed by atoms with E-state index in [1.807, 2.05) is 0 Å². The maximum Gasteiger partial charge on any atom is 0.139 e. The standard InChI is InChI=1S/C23H38O2.C20H32O3/c1-14(2)18-7-8-19-17-6-5-16-11-21(25)15(13-24)12-23(16,4)20(17)9-10-22(18,19)3;1-19-8-7-16-14(15(19)5-6-18(19)23)4-3-13-9-17(22)12(11-21)10-20(13,16)2/h15-17,19-21,24-25H,5-13H2,1-4H3;12-17,21-22H,3-11H2,1-2H3/t15-,16+,17+,19+,20+,21+,22-,23+;12-,13+,14+,15+,16+,17+,19+,20+/m11/s1. The van der Waals surface area contributed by atoms with E-state index >= 15 is 0 Å². The van der Waals surface area contributed by atoms with Gasteiger partial charge in [0.15, 0.2) is 0 Å². The summed E-state index contributed by atoms with van der Waals surface area (Å²) in [6.07, 6.45) is 17.9. The molecule has 8 aliphatic carbocycles. The third-order valence-corrected chi connectivity index (χ3v) is 18.2. The van der Waals surface area contributed by atoms with E-state index < -0.39 is 0 Å². The minimum atomic E-state index is -0.323. The summed E-state index contributed by atoms with van der Waals surface area (Å²) in [5, 5.41) is 40.2. The molecule has 272 valence electrons. The van der Waals surface area contributed by atoms with Gasteiger partial charge in [0, 0.05) is 36.9 Å². The fourth-order valence-corrected chi connectivity index (χ4v) is 15.6. The number of ketones is 1. The first-order valence-electron chi connectivity index (χ1n) is 20.5. The van der Waals surface area contributed by atoms with Crippen molar-refractivity contribution >= 4 is 5.78 Å². The molecule has 0 amide bonds. The predicted molar refractivity (Wildman–Crippen MR) is 191 cm³/mol. The Kier molecular flexibility index (Phi) is 9.45. The highest BCUT2D eigenvalue weighted by molar-refractivity contribution is 5.87. The molecule has 8 rings (SSSR count). The van der Waals surface area contributed by atoms with E-state index in [-0.39, 0.29) is 48.1 Å². The quantitative estimate of drug-likeness (QED) is 0.223. The molecule has 0 radical (unpaired) electrons. The number of hydrogen-bond donors (Lipinski definition) is 4. The molecule has 4 N–H and O–H groups in total. The van der Waals surface area contributed by atoms with E-state index in [1.165, 1.54) is 57.8 Å². The van der Waals surface area contributed by atoms with Crippen molar-refractivity contribution in [1.29, 1.82) is 0 Å². The molecule has 8 fully saturated rings. The molecule has 0 unspecified atom stereocenters. The second-order valence-electron chi connectivity index (χ2n) is 20.1. The highest BCUT2D eigenvalue weighted by Crippen LogP contribution is 2.69. The van der Waals surface area contributed by atoms with Crippen LogP contribution >= 0.6 is 0 Å². The average Bonchev–Trinajstić information content (AvgIpc) is 3.57. The molecule has 0 aromatic carbocycles. The Labute approximate surface area is 292 Å². The maximum atomic E-state index is 12.4. The topological polar surface area (TPSA) is 98.0 Å². The predicted octanol–water partition coefficient (Wildman–Crippen LogP) is 8.12. The highest BCUT2D eigenvalue weighted by atomic mass is 16.3. The van der Waals surface area contributed by atoms with Crippen molar-refractivity contribution in [3.8, 4) is 0 Å². The Balaban J connectivity index is 0.000000152. The Morgan fingerprint density at radius 1 is 0.625 bits per heavy atom. The summed E-state index contributed by atoms with van der Waals surface area (Å²) >= 11 is 0. The van der Waals surface area contributed by atoms with Crippen LogP contribution in [0.1, 0.15) is 144 Å². The molecular formula is C43H70O5. The molecule has 8 aliphatic rings. The smallest absolute Gasteiger partial charge is 0.139 e. The number of aliphatic hydroxyl groups excluding tert-OH is 4. The molecule has 0 bridgehead atoms. The largest absolute Gasteiger partial charge is 0.396 e. The highest BCUT2D eigenvalue weighted by Gasteiger charge is 2.62. The second-order valence-corrected chi connectivity index (χ2v) is 20.1.